The molecule has 5 nitrogen and oxygen atoms in total. The van der Waals surface area contributed by atoms with Gasteiger partial charge in [0.25, 0.3) is 0 Å². The summed E-state index contributed by atoms with van der Waals surface area (Å²) < 4.78 is 41.2. The van der Waals surface area contributed by atoms with Crippen molar-refractivity contribution in [2.75, 3.05) is 39.3 Å². The van der Waals surface area contributed by atoms with E-state index in [9.17, 15) is 12.8 Å². The van der Waals surface area contributed by atoms with Crippen LogP contribution in [0.25, 0.3) is 0 Å². The van der Waals surface area contributed by atoms with Gasteiger partial charge in [-0.1, -0.05) is 15.9 Å². The Hall–Kier alpha value is -0.250. The molecule has 0 spiro atoms. The third kappa shape index (κ3) is 4.05. The molecule has 9 heteroatoms. The van der Waals surface area contributed by atoms with E-state index in [0.29, 0.717) is 17.6 Å². The van der Waals surface area contributed by atoms with Gasteiger partial charge >= 0.3 is 0 Å². The standard InChI is InChI=1S/C14H19BrFN3O2S.ClH/c15-11-1-2-14(13(16)9-11)22(20,21)19-6-3-12(10-19)18-7-4-17-5-8-18;/h1-2,9,12,17H,3-8,10H2;1H. The van der Waals surface area contributed by atoms with Crippen LogP contribution in [0.15, 0.2) is 27.6 Å². The highest BCUT2D eigenvalue weighted by atomic mass is 79.9. The van der Waals surface area contributed by atoms with Crippen LogP contribution in [-0.4, -0.2) is 62.9 Å². The van der Waals surface area contributed by atoms with Crippen molar-refractivity contribution in [3.05, 3.63) is 28.5 Å². The molecule has 2 heterocycles. The number of benzene rings is 1. The monoisotopic (exact) mass is 427 g/mol. The highest BCUT2D eigenvalue weighted by Gasteiger charge is 2.36. The molecule has 1 unspecified atom stereocenters. The Balaban J connectivity index is 0.00000192. The number of piperazine rings is 1. The Bertz CT molecular complexity index is 655. The van der Waals surface area contributed by atoms with Gasteiger partial charge in [0.1, 0.15) is 10.7 Å². The van der Waals surface area contributed by atoms with E-state index in [1.165, 1.54) is 16.4 Å². The molecule has 0 aliphatic carbocycles. The molecular formula is C14H20BrClFN3O2S. The minimum atomic E-state index is -3.76. The molecule has 0 bridgehead atoms. The smallest absolute Gasteiger partial charge is 0.246 e. The molecule has 2 fully saturated rings. The van der Waals surface area contributed by atoms with Gasteiger partial charge in [0, 0.05) is 49.8 Å². The van der Waals surface area contributed by atoms with Crippen molar-refractivity contribution in [3.63, 3.8) is 0 Å². The Labute approximate surface area is 150 Å². The minimum absolute atomic E-state index is 0. The second-order valence-electron chi connectivity index (χ2n) is 5.67. The van der Waals surface area contributed by atoms with Gasteiger partial charge in [-0.15, -0.1) is 12.4 Å². The van der Waals surface area contributed by atoms with Gasteiger partial charge in [0.05, 0.1) is 0 Å². The molecule has 3 rings (SSSR count). The topological polar surface area (TPSA) is 52.7 Å². The van der Waals surface area contributed by atoms with Gasteiger partial charge in [-0.25, -0.2) is 12.8 Å². The van der Waals surface area contributed by atoms with E-state index in [-0.39, 0.29) is 23.3 Å². The summed E-state index contributed by atoms with van der Waals surface area (Å²) in [6, 6.07) is 4.30. The van der Waals surface area contributed by atoms with E-state index < -0.39 is 15.8 Å². The van der Waals surface area contributed by atoms with Crippen molar-refractivity contribution in [2.24, 2.45) is 0 Å². The molecule has 130 valence electrons. The molecule has 1 atom stereocenters. The number of hydrogen-bond acceptors (Lipinski definition) is 4. The predicted molar refractivity (Wildman–Crippen MR) is 93.0 cm³/mol. The van der Waals surface area contributed by atoms with Crippen LogP contribution < -0.4 is 5.32 Å². The lowest BCUT2D eigenvalue weighted by Crippen LogP contribution is -2.49. The van der Waals surface area contributed by atoms with Crippen molar-refractivity contribution in [2.45, 2.75) is 17.4 Å². The summed E-state index contributed by atoms with van der Waals surface area (Å²) in [5.41, 5.74) is 0. The van der Waals surface area contributed by atoms with E-state index in [4.69, 9.17) is 0 Å². The fourth-order valence-electron chi connectivity index (χ4n) is 3.10. The van der Waals surface area contributed by atoms with Crippen molar-refractivity contribution >= 4 is 38.4 Å². The first-order valence-corrected chi connectivity index (χ1v) is 9.62. The van der Waals surface area contributed by atoms with Crippen LogP contribution in [0.2, 0.25) is 0 Å². The summed E-state index contributed by atoms with van der Waals surface area (Å²) in [7, 11) is -3.76. The Kier molecular flexibility index (Phi) is 6.43. The molecule has 0 radical (unpaired) electrons. The molecule has 2 saturated heterocycles. The second kappa shape index (κ2) is 7.76. The lowest BCUT2D eigenvalue weighted by atomic mass is 10.2. The van der Waals surface area contributed by atoms with Crippen LogP contribution in [0.5, 0.6) is 0 Å². The highest BCUT2D eigenvalue weighted by molar-refractivity contribution is 9.10. The molecule has 1 aromatic carbocycles. The molecule has 1 N–H and O–H groups in total. The number of nitrogens with one attached hydrogen (secondary N) is 1. The lowest BCUT2D eigenvalue weighted by molar-refractivity contribution is 0.179. The molecular weight excluding hydrogens is 409 g/mol. The number of rotatable bonds is 3. The zero-order chi connectivity index (χ0) is 15.7. The average Bonchev–Trinajstić information content (AvgIpc) is 2.98. The zero-order valence-electron chi connectivity index (χ0n) is 12.5. The third-order valence-electron chi connectivity index (χ3n) is 4.31. The summed E-state index contributed by atoms with van der Waals surface area (Å²) in [5.74, 6) is -0.708. The van der Waals surface area contributed by atoms with Crippen LogP contribution in [-0.2, 0) is 10.0 Å². The van der Waals surface area contributed by atoms with Gasteiger partial charge in [-0.3, -0.25) is 4.90 Å². The van der Waals surface area contributed by atoms with Gasteiger partial charge in [0.2, 0.25) is 10.0 Å². The Morgan fingerprint density at radius 3 is 2.57 bits per heavy atom. The van der Waals surface area contributed by atoms with Crippen molar-refractivity contribution in [1.29, 1.82) is 0 Å². The Morgan fingerprint density at radius 1 is 1.22 bits per heavy atom. The molecule has 0 saturated carbocycles. The van der Waals surface area contributed by atoms with Crippen LogP contribution in [0.1, 0.15) is 6.42 Å². The molecule has 2 aliphatic rings. The average molecular weight is 429 g/mol. The summed E-state index contributed by atoms with van der Waals surface area (Å²) in [6.45, 7) is 4.63. The largest absolute Gasteiger partial charge is 0.314 e. The maximum Gasteiger partial charge on any atom is 0.246 e. The van der Waals surface area contributed by atoms with Gasteiger partial charge < -0.3 is 5.32 Å². The summed E-state index contributed by atoms with van der Waals surface area (Å²) in [4.78, 5) is 2.08. The Morgan fingerprint density at radius 2 is 1.91 bits per heavy atom. The molecule has 2 aliphatic heterocycles. The summed E-state index contributed by atoms with van der Waals surface area (Å²) >= 11 is 3.15. The van der Waals surface area contributed by atoms with E-state index in [0.717, 1.165) is 32.6 Å². The SMILES string of the molecule is Cl.O=S(=O)(c1ccc(Br)cc1F)N1CCC(N2CCNCC2)C1. The number of hydrogen-bond donors (Lipinski definition) is 1. The van der Waals surface area contributed by atoms with Crippen molar-refractivity contribution in [1.82, 2.24) is 14.5 Å². The third-order valence-corrected chi connectivity index (χ3v) is 6.70. The maximum absolute atomic E-state index is 14.0. The van der Waals surface area contributed by atoms with Crippen LogP contribution in [0, 0.1) is 5.82 Å². The molecule has 0 amide bonds. The van der Waals surface area contributed by atoms with Gasteiger partial charge in [-0.2, -0.15) is 4.31 Å². The first-order chi connectivity index (χ1) is 10.5. The van der Waals surface area contributed by atoms with E-state index >= 15 is 0 Å². The molecule has 0 aromatic heterocycles. The fourth-order valence-corrected chi connectivity index (χ4v) is 4.97. The normalized spacial score (nSPS) is 23.7. The second-order valence-corrected chi connectivity index (χ2v) is 8.49. The van der Waals surface area contributed by atoms with Crippen LogP contribution >= 0.6 is 28.3 Å². The zero-order valence-corrected chi connectivity index (χ0v) is 15.8. The molecule has 1 aromatic rings. The van der Waals surface area contributed by atoms with Crippen LogP contribution in [0.3, 0.4) is 0 Å². The number of nitrogens with zero attached hydrogens (tertiary/aromatic N) is 2. The summed E-state index contributed by atoms with van der Waals surface area (Å²) in [5, 5.41) is 3.29. The first-order valence-electron chi connectivity index (χ1n) is 7.38. The minimum Gasteiger partial charge on any atom is -0.314 e. The van der Waals surface area contributed by atoms with Crippen LogP contribution in [0.4, 0.5) is 4.39 Å². The van der Waals surface area contributed by atoms with Crippen molar-refractivity contribution < 1.29 is 12.8 Å². The first kappa shape index (κ1) is 19.1. The maximum atomic E-state index is 14.0. The predicted octanol–water partition coefficient (Wildman–Crippen LogP) is 1.68. The van der Waals surface area contributed by atoms with Gasteiger partial charge in [-0.05, 0) is 24.6 Å². The highest BCUT2D eigenvalue weighted by Crippen LogP contribution is 2.27. The van der Waals surface area contributed by atoms with E-state index in [1.54, 1.807) is 6.07 Å². The molecule has 23 heavy (non-hydrogen) atoms. The quantitative estimate of drug-likeness (QED) is 0.796. The van der Waals surface area contributed by atoms with Crippen molar-refractivity contribution in [3.8, 4) is 0 Å². The van der Waals surface area contributed by atoms with E-state index in [1.807, 2.05) is 0 Å². The fraction of sp³-hybridized carbons (Fsp3) is 0.571. The lowest BCUT2D eigenvalue weighted by Gasteiger charge is -2.32. The number of halogens is 3. The summed E-state index contributed by atoms with van der Waals surface area (Å²) in [6.07, 6.45) is 0.803. The van der Waals surface area contributed by atoms with E-state index in [2.05, 4.69) is 26.1 Å². The number of sulfonamides is 1. The van der Waals surface area contributed by atoms with Gasteiger partial charge in [0.15, 0.2) is 0 Å².